The zero-order chi connectivity index (χ0) is 104. The third-order valence-corrected chi connectivity index (χ3v) is 27.2. The van der Waals surface area contributed by atoms with E-state index in [0.29, 0.717) is 113 Å². The predicted molar refractivity (Wildman–Crippen MR) is 570 cm³/mol. The molecule has 10 heterocycles. The smallest absolute Gasteiger partial charge is 0.360 e. The average Bonchev–Trinajstić information content (AvgIpc) is 1.63. The van der Waals surface area contributed by atoms with E-state index in [1.54, 1.807) is 108 Å². The minimum Gasteiger partial charge on any atom is -0.464 e. The van der Waals surface area contributed by atoms with E-state index in [9.17, 15) is 24.0 Å². The Labute approximate surface area is 905 Å². The topological polar surface area (TPSA) is 389 Å². The molecule has 20 aromatic rings. The number of halogens is 10. The summed E-state index contributed by atoms with van der Waals surface area (Å²) >= 11 is 57.8. The summed E-state index contributed by atoms with van der Waals surface area (Å²) < 4.78 is 58.8. The second-order valence-corrected chi connectivity index (χ2v) is 37.9. The van der Waals surface area contributed by atoms with Gasteiger partial charge in [0.25, 0.3) is 17.7 Å². The number of hydrogen-bond acceptors (Lipinski definition) is 30. The molecule has 147 heavy (non-hydrogen) atoms. The number of aromatic nitrogens is 20. The van der Waals surface area contributed by atoms with Crippen molar-refractivity contribution in [3.05, 3.63) is 348 Å². The highest BCUT2D eigenvalue weighted by Crippen LogP contribution is 2.44. The predicted octanol–water partition coefficient (Wildman–Crippen LogP) is 27.0. The molecule has 0 spiro atoms. The van der Waals surface area contributed by atoms with Crippen LogP contribution in [0.5, 0.6) is 0 Å². The molecular weight excluding hydrogens is 2270 g/mol. The minimum atomic E-state index is -0.690. The molecule has 45 heteroatoms. The summed E-state index contributed by atoms with van der Waals surface area (Å²) in [6, 6.07) is 74.7. The van der Waals surface area contributed by atoms with Crippen LogP contribution in [0.2, 0.25) is 35.2 Å². The molecule has 0 N–H and O–H groups in total. The van der Waals surface area contributed by atoms with E-state index in [1.165, 1.54) is 58.4 Å². The Morgan fingerprint density at radius 2 is 0.537 bits per heavy atom. The van der Waals surface area contributed by atoms with Gasteiger partial charge in [-0.3, -0.25) is 0 Å². The summed E-state index contributed by atoms with van der Waals surface area (Å²) in [5.74, 6) is -0.643. The number of aryl methyl sites for hydroxylation is 5. The number of rotatable bonds is 22. The number of ether oxygens (including phenoxy) is 5. The quantitative estimate of drug-likeness (QED) is 0.0449. The van der Waals surface area contributed by atoms with E-state index in [2.05, 4.69) is 124 Å². The lowest BCUT2D eigenvalue weighted by Gasteiger charge is -2.07. The molecule has 0 fully saturated rings. The van der Waals surface area contributed by atoms with Crippen LogP contribution < -0.4 is 0 Å². The van der Waals surface area contributed by atoms with Crippen molar-refractivity contribution in [2.45, 2.75) is 48.5 Å². The SMILES string of the molecule is CCOC(=O)c1nn(-c2ccccc2Cl)c(-c2noc(-c3cccc(C)c3)n2)c1Cl.CCOC(=O)c1nn(-c2ccccc2Cl)c(-c2nsc(-c3cccc(C)c3)n2)c1Br.COC(=O)c1nn(-c2ccccc2Cl)c(-c2noc(-c3cccc(C)c3)n2)c1Br.COC(=O)c1nn(-c2ccccc2Cl)c(-c2noc(-c3cccc(C)c3)n2)c1Cl.COC(=O)c1nn(-c2ccccc2Cl)c(-c2nsc(-c3cccc(C)c3)n2)c1Br. The maximum atomic E-state index is 12.4. The van der Waals surface area contributed by atoms with E-state index in [0.717, 1.165) is 65.6 Å². The van der Waals surface area contributed by atoms with Crippen molar-refractivity contribution in [2.24, 2.45) is 0 Å². The van der Waals surface area contributed by atoms with Gasteiger partial charge in [0.1, 0.15) is 48.5 Å². The Morgan fingerprint density at radius 1 is 0.299 bits per heavy atom. The molecular formula is C102H74Br3Cl7N20O13S2. The Bertz CT molecular complexity index is 7700. The van der Waals surface area contributed by atoms with E-state index in [-0.39, 0.29) is 80.6 Å². The van der Waals surface area contributed by atoms with Crippen LogP contribution in [0.1, 0.15) is 94.1 Å². The maximum absolute atomic E-state index is 12.4. The number of benzene rings is 10. The zero-order valence-corrected chi connectivity index (χ0v) is 90.0. The summed E-state index contributed by atoms with van der Waals surface area (Å²) in [6.45, 7) is 13.8. The number of nitrogens with zero attached hydrogens (tertiary/aromatic N) is 20. The van der Waals surface area contributed by atoms with Crippen LogP contribution in [0, 0.1) is 34.6 Å². The molecule has 0 radical (unpaired) electrons. The summed E-state index contributed by atoms with van der Waals surface area (Å²) in [7, 11) is 3.84. The number of methoxy groups -OCH3 is 3. The molecule has 0 aliphatic heterocycles. The van der Waals surface area contributed by atoms with Crippen LogP contribution in [-0.2, 0) is 23.7 Å². The molecule has 0 unspecified atom stereocenters. The fourth-order valence-electron chi connectivity index (χ4n) is 14.4. The van der Waals surface area contributed by atoms with Crippen LogP contribution in [0.15, 0.2) is 270 Å². The summed E-state index contributed by atoms with van der Waals surface area (Å²) in [6.07, 6.45) is 0. The summed E-state index contributed by atoms with van der Waals surface area (Å²) in [5, 5.41) is 37.9. The van der Waals surface area contributed by atoms with Gasteiger partial charge in [0.15, 0.2) is 40.1 Å². The van der Waals surface area contributed by atoms with Gasteiger partial charge in [-0.1, -0.05) is 258 Å². The largest absolute Gasteiger partial charge is 0.464 e. The number of para-hydroxylation sites is 5. The molecule has 20 rings (SSSR count). The van der Waals surface area contributed by atoms with Crippen molar-refractivity contribution >= 4 is 182 Å². The summed E-state index contributed by atoms with van der Waals surface area (Å²) in [5.41, 5.74) is 14.7. The summed E-state index contributed by atoms with van der Waals surface area (Å²) in [4.78, 5) is 84.2. The van der Waals surface area contributed by atoms with E-state index >= 15 is 0 Å². The fourth-order valence-corrected chi connectivity index (χ4v) is 19.1. The van der Waals surface area contributed by atoms with Gasteiger partial charge in [0.2, 0.25) is 17.5 Å². The number of carbonyl (C=O) groups excluding carboxylic acids is 5. The lowest BCUT2D eigenvalue weighted by atomic mass is 10.1. The molecule has 0 aliphatic rings. The maximum Gasteiger partial charge on any atom is 0.360 e. The van der Waals surface area contributed by atoms with Crippen LogP contribution >= 0.6 is 152 Å². The number of esters is 5. The zero-order valence-electron chi connectivity index (χ0n) is 78.4. The van der Waals surface area contributed by atoms with Gasteiger partial charge < -0.3 is 37.3 Å². The molecule has 0 saturated heterocycles. The van der Waals surface area contributed by atoms with Crippen molar-refractivity contribution in [1.82, 2.24) is 98.0 Å². The van der Waals surface area contributed by atoms with Gasteiger partial charge >= 0.3 is 29.8 Å². The molecule has 0 bridgehead atoms. The van der Waals surface area contributed by atoms with Crippen molar-refractivity contribution in [2.75, 3.05) is 34.5 Å². The number of hydrogen-bond donors (Lipinski definition) is 0. The Kier molecular flexibility index (Phi) is 34.0. The number of carbonyl (C=O) groups is 5. The molecule has 0 atom stereocenters. The molecule has 0 aliphatic carbocycles. The van der Waals surface area contributed by atoms with E-state index in [4.69, 9.17) is 123 Å². The first kappa shape index (κ1) is 105. The highest BCUT2D eigenvalue weighted by molar-refractivity contribution is 9.11. The monoisotopic (exact) mass is 2330 g/mol. The first-order chi connectivity index (χ1) is 71.0. The van der Waals surface area contributed by atoms with Crippen molar-refractivity contribution < 1.29 is 61.2 Å². The third kappa shape index (κ3) is 23.4. The highest BCUT2D eigenvalue weighted by Gasteiger charge is 2.35. The molecule has 0 amide bonds. The first-order valence-corrected chi connectivity index (χ1v) is 50.4. The van der Waals surface area contributed by atoms with Gasteiger partial charge in [-0.15, -0.1) is 0 Å². The van der Waals surface area contributed by atoms with Crippen LogP contribution in [0.3, 0.4) is 0 Å². The molecule has 742 valence electrons. The first-order valence-electron chi connectivity index (χ1n) is 43.8. The molecule has 33 nitrogen and oxygen atoms in total. The van der Waals surface area contributed by atoms with Gasteiger partial charge in [0, 0.05) is 27.8 Å². The van der Waals surface area contributed by atoms with Crippen molar-refractivity contribution in [3.63, 3.8) is 0 Å². The van der Waals surface area contributed by atoms with Crippen LogP contribution in [0.25, 0.3) is 142 Å². The highest BCUT2D eigenvalue weighted by atomic mass is 79.9. The van der Waals surface area contributed by atoms with Crippen LogP contribution in [-0.4, -0.2) is 162 Å². The second kappa shape index (κ2) is 47.4. The molecule has 10 aromatic carbocycles. The Balaban J connectivity index is 0.000000131. The minimum absolute atomic E-state index is 0.0355. The fraction of sp³-hybridized carbons (Fsp3) is 0.118. The van der Waals surface area contributed by atoms with Gasteiger partial charge in [-0.25, -0.2) is 57.3 Å². The van der Waals surface area contributed by atoms with E-state index < -0.39 is 29.8 Å². The molecule has 0 saturated carbocycles. The van der Waals surface area contributed by atoms with Crippen molar-refractivity contribution in [3.8, 4) is 142 Å². The van der Waals surface area contributed by atoms with Gasteiger partial charge in [-0.2, -0.15) is 49.2 Å². The Morgan fingerprint density at radius 3 is 0.823 bits per heavy atom. The standard InChI is InChI=1S/C21H16BrClN4O2S.C21H16Cl2N4O3.C20H14BrClN4O3.C20H14BrClN4O2S.C20H14Cl2N4O3/c1-3-29-21(28)17-16(22)18(27(25-17)15-10-5-4-9-14(15)23)19-24-20(30-26-19)13-8-6-7-12(2)11-13;1-3-29-21(28)17-16(23)18(27(25-17)15-10-5-4-9-14(15)22)19-24-20(30-26-19)13-8-6-7-12(2)11-13;2*1-11-6-5-7-12(10-11)19-23-18(25-29-19)17-15(21)16(20(27)28-2)24-26(17)14-9-4-3-8-13(14)22;1-11-6-5-7-12(10-11)19-23-18(25-29-19)17-15(22)16(20(27)28-2)24-26(17)14-9-4-3-8-13(14)21/h2*4-11H,3H2,1-2H3;3*3-10H,1-2H3. The lowest BCUT2D eigenvalue weighted by molar-refractivity contribution is 0.0509. The van der Waals surface area contributed by atoms with Crippen molar-refractivity contribution in [1.29, 1.82) is 0 Å². The second-order valence-electron chi connectivity index (χ2n) is 31.3. The van der Waals surface area contributed by atoms with E-state index in [1.807, 2.05) is 186 Å². The average molecular weight is 2340 g/mol. The van der Waals surface area contributed by atoms with Gasteiger partial charge in [-0.05, 0) is 229 Å². The third-order valence-electron chi connectivity index (χ3n) is 21.1. The van der Waals surface area contributed by atoms with Gasteiger partial charge in [0.05, 0.1) is 102 Å². The normalized spacial score (nSPS) is 10.9. The van der Waals surface area contributed by atoms with Crippen LogP contribution in [0.4, 0.5) is 0 Å². The molecule has 10 aromatic heterocycles. The lowest BCUT2D eigenvalue weighted by Crippen LogP contribution is -2.07. The Hall–Kier alpha value is -14.4.